The predicted octanol–water partition coefficient (Wildman–Crippen LogP) is 7.45. The molecule has 1 aliphatic heterocycles. The Kier molecular flexibility index (Phi) is 11.8. The van der Waals surface area contributed by atoms with Crippen LogP contribution in [0.3, 0.4) is 0 Å². The van der Waals surface area contributed by atoms with Crippen molar-refractivity contribution in [1.29, 1.82) is 0 Å². The van der Waals surface area contributed by atoms with Gasteiger partial charge in [-0.15, -0.1) is 6.58 Å². The summed E-state index contributed by atoms with van der Waals surface area (Å²) in [5, 5.41) is 2.83. The van der Waals surface area contributed by atoms with Crippen LogP contribution in [0.2, 0.25) is 0 Å². The average molecular weight is 564 g/mol. The SMILES string of the molecule is C=C(C)NC.C=CC(N)C1=Cc2cc(-c3ccc(N(C)C)nc3)ccc2C1.CC/C=C1/c2cc(CC)ccc2CN1C. The van der Waals surface area contributed by atoms with Crippen LogP contribution in [0.25, 0.3) is 22.9 Å². The van der Waals surface area contributed by atoms with E-state index in [0.717, 1.165) is 42.9 Å². The highest BCUT2D eigenvalue weighted by Crippen LogP contribution is 2.33. The van der Waals surface area contributed by atoms with Gasteiger partial charge >= 0.3 is 0 Å². The second-order valence-electron chi connectivity index (χ2n) is 11.1. The van der Waals surface area contributed by atoms with Gasteiger partial charge in [-0.2, -0.15) is 0 Å². The van der Waals surface area contributed by atoms with Crippen LogP contribution in [0.15, 0.2) is 91.3 Å². The van der Waals surface area contributed by atoms with Gasteiger partial charge in [0.05, 0.1) is 0 Å². The Balaban J connectivity index is 0.000000209. The van der Waals surface area contributed by atoms with Crippen molar-refractivity contribution >= 4 is 17.6 Å². The van der Waals surface area contributed by atoms with Gasteiger partial charge in [0.2, 0.25) is 0 Å². The van der Waals surface area contributed by atoms with E-state index in [0.29, 0.717) is 0 Å². The number of anilines is 1. The fraction of sp³-hybridized carbons (Fsp3) is 0.324. The van der Waals surface area contributed by atoms with Crippen LogP contribution >= 0.6 is 0 Å². The Hall–Kier alpha value is -4.09. The Bertz CT molecular complexity index is 1430. The molecule has 5 heteroatoms. The van der Waals surface area contributed by atoms with Crippen LogP contribution in [0.5, 0.6) is 0 Å². The maximum absolute atomic E-state index is 6.05. The number of fused-ring (bicyclic) bond motifs is 2. The third-order valence-corrected chi connectivity index (χ3v) is 7.60. The van der Waals surface area contributed by atoms with Crippen molar-refractivity contribution < 1.29 is 0 Å². The number of nitrogens with two attached hydrogens (primary N) is 1. The van der Waals surface area contributed by atoms with Gasteiger partial charge in [-0.05, 0) is 89.5 Å². The molecule has 2 heterocycles. The molecule has 3 aromatic rings. The Morgan fingerprint density at radius 1 is 1.10 bits per heavy atom. The van der Waals surface area contributed by atoms with Crippen LogP contribution in [-0.2, 0) is 19.4 Å². The summed E-state index contributed by atoms with van der Waals surface area (Å²) in [5.41, 5.74) is 18.9. The fourth-order valence-corrected chi connectivity index (χ4v) is 4.95. The van der Waals surface area contributed by atoms with E-state index in [4.69, 9.17) is 5.73 Å². The van der Waals surface area contributed by atoms with E-state index < -0.39 is 0 Å². The largest absolute Gasteiger partial charge is 0.392 e. The lowest BCUT2D eigenvalue weighted by molar-refractivity contribution is 0.499. The zero-order chi connectivity index (χ0) is 30.8. The summed E-state index contributed by atoms with van der Waals surface area (Å²) >= 11 is 0. The molecule has 0 amide bonds. The standard InChI is InChI=1S/C19H21N3.C14H19N.C4H9N/c1-4-18(20)17-10-14-6-5-13(9-16(14)11-17)15-7-8-19(21-12-15)22(2)3;1-4-6-14-13-9-11(5-2)7-8-12(13)10-15(14)3;1-4(2)5-3/h4-9,11-12,18H,1,10,20H2,2-3H3;6-9H,4-5,10H2,1-3H3;5H,1H2,2-3H3/b;14-6-;. The van der Waals surface area contributed by atoms with Crippen LogP contribution in [0, 0.1) is 0 Å². The van der Waals surface area contributed by atoms with Gasteiger partial charge in [0.1, 0.15) is 5.82 Å². The van der Waals surface area contributed by atoms with Crippen molar-refractivity contribution in [3.05, 3.63) is 119 Å². The van der Waals surface area contributed by atoms with Gasteiger partial charge in [-0.1, -0.05) is 62.9 Å². The highest BCUT2D eigenvalue weighted by Gasteiger charge is 2.20. The molecular formula is C37H49N5. The van der Waals surface area contributed by atoms with Gasteiger partial charge in [-0.25, -0.2) is 4.98 Å². The number of benzene rings is 2. The zero-order valence-corrected chi connectivity index (χ0v) is 26.7. The van der Waals surface area contributed by atoms with Crippen LogP contribution in [0.4, 0.5) is 5.82 Å². The van der Waals surface area contributed by atoms with E-state index in [9.17, 15) is 0 Å². The molecule has 0 radical (unpaired) electrons. The van der Waals surface area contributed by atoms with E-state index in [2.05, 4.69) is 104 Å². The normalized spacial score (nSPS) is 14.4. The number of allylic oxidation sites excluding steroid dienone is 2. The first-order chi connectivity index (χ1) is 20.1. The van der Waals surface area contributed by atoms with Crippen molar-refractivity contribution in [3.8, 4) is 11.1 Å². The van der Waals surface area contributed by atoms with Crippen molar-refractivity contribution in [1.82, 2.24) is 15.2 Å². The zero-order valence-electron chi connectivity index (χ0n) is 26.7. The van der Waals surface area contributed by atoms with Gasteiger partial charge in [0.25, 0.3) is 0 Å². The van der Waals surface area contributed by atoms with Crippen molar-refractivity contribution in [2.45, 2.75) is 52.6 Å². The minimum Gasteiger partial charge on any atom is -0.392 e. The first-order valence-corrected chi connectivity index (χ1v) is 14.8. The molecule has 1 aliphatic carbocycles. The van der Waals surface area contributed by atoms with E-state index in [1.807, 2.05) is 45.2 Å². The van der Waals surface area contributed by atoms with Crippen LogP contribution in [-0.4, -0.2) is 44.1 Å². The van der Waals surface area contributed by atoms with E-state index in [1.165, 1.54) is 44.7 Å². The number of hydrogen-bond acceptors (Lipinski definition) is 5. The molecule has 1 atom stereocenters. The van der Waals surface area contributed by atoms with Crippen LogP contribution in [0.1, 0.15) is 55.0 Å². The molecule has 5 rings (SSSR count). The fourth-order valence-electron chi connectivity index (χ4n) is 4.95. The summed E-state index contributed by atoms with van der Waals surface area (Å²) < 4.78 is 0. The molecule has 0 saturated carbocycles. The summed E-state index contributed by atoms with van der Waals surface area (Å²) in [5.74, 6) is 0.962. The first kappa shape index (κ1) is 32.4. The molecule has 42 heavy (non-hydrogen) atoms. The molecule has 3 N–H and O–H groups in total. The van der Waals surface area contributed by atoms with Gasteiger partial charge in [0.15, 0.2) is 0 Å². The monoisotopic (exact) mass is 563 g/mol. The molecule has 222 valence electrons. The number of hydrogen-bond donors (Lipinski definition) is 2. The Morgan fingerprint density at radius 2 is 1.79 bits per heavy atom. The number of pyridine rings is 1. The van der Waals surface area contributed by atoms with Crippen molar-refractivity contribution in [2.75, 3.05) is 33.1 Å². The predicted molar refractivity (Wildman–Crippen MR) is 183 cm³/mol. The number of aromatic nitrogens is 1. The van der Waals surface area contributed by atoms with E-state index >= 15 is 0 Å². The highest BCUT2D eigenvalue weighted by atomic mass is 15.1. The third-order valence-electron chi connectivity index (χ3n) is 7.60. The molecule has 5 nitrogen and oxygen atoms in total. The maximum atomic E-state index is 6.05. The topological polar surface area (TPSA) is 57.4 Å². The summed E-state index contributed by atoms with van der Waals surface area (Å²) in [7, 11) is 8.01. The van der Waals surface area contributed by atoms with Gasteiger partial charge < -0.3 is 20.9 Å². The Labute approximate surface area is 254 Å². The first-order valence-electron chi connectivity index (χ1n) is 14.8. The highest BCUT2D eigenvalue weighted by molar-refractivity contribution is 5.73. The Morgan fingerprint density at radius 3 is 2.36 bits per heavy atom. The molecule has 1 unspecified atom stereocenters. The van der Waals surface area contributed by atoms with Gasteiger partial charge in [0, 0.05) is 63.8 Å². The number of nitrogens with zero attached hydrogens (tertiary/aromatic N) is 3. The smallest absolute Gasteiger partial charge is 0.127 e. The average Bonchev–Trinajstić information content (AvgIpc) is 3.57. The summed E-state index contributed by atoms with van der Waals surface area (Å²) in [4.78, 5) is 8.82. The summed E-state index contributed by atoms with van der Waals surface area (Å²) in [6, 6.07) is 17.5. The molecule has 2 aliphatic rings. The summed E-state index contributed by atoms with van der Waals surface area (Å²) in [6.45, 7) is 14.7. The molecule has 0 spiro atoms. The molecular weight excluding hydrogens is 514 g/mol. The lowest BCUT2D eigenvalue weighted by Crippen LogP contribution is -2.19. The van der Waals surface area contributed by atoms with E-state index in [1.54, 1.807) is 6.08 Å². The van der Waals surface area contributed by atoms with E-state index in [-0.39, 0.29) is 6.04 Å². The number of nitrogens with one attached hydrogen (secondary N) is 1. The number of aryl methyl sites for hydroxylation is 1. The molecule has 0 bridgehead atoms. The summed E-state index contributed by atoms with van der Waals surface area (Å²) in [6.07, 6.45) is 11.4. The maximum Gasteiger partial charge on any atom is 0.127 e. The van der Waals surface area contributed by atoms with Gasteiger partial charge in [-0.3, -0.25) is 0 Å². The molecule has 0 fully saturated rings. The second-order valence-corrected chi connectivity index (χ2v) is 11.1. The number of rotatable bonds is 7. The third kappa shape index (κ3) is 8.23. The minimum absolute atomic E-state index is 0.0584. The molecule has 2 aromatic carbocycles. The molecule has 1 aromatic heterocycles. The quantitative estimate of drug-likeness (QED) is 0.292. The minimum atomic E-state index is -0.0584. The van der Waals surface area contributed by atoms with Crippen molar-refractivity contribution in [3.63, 3.8) is 0 Å². The second kappa shape index (κ2) is 15.2. The van der Waals surface area contributed by atoms with Crippen LogP contribution < -0.4 is 16.0 Å². The molecule has 0 saturated heterocycles. The lowest BCUT2D eigenvalue weighted by atomic mass is 10.0. The van der Waals surface area contributed by atoms with Crippen molar-refractivity contribution in [2.24, 2.45) is 5.73 Å². The lowest BCUT2D eigenvalue weighted by Gasteiger charge is -2.12.